The molecule has 0 radical (unpaired) electrons. The minimum absolute atomic E-state index is 0.0433. The van der Waals surface area contributed by atoms with E-state index < -0.39 is 17.8 Å². The van der Waals surface area contributed by atoms with Crippen molar-refractivity contribution in [2.24, 2.45) is 5.92 Å². The molecular weight excluding hydrogens is 306 g/mol. The van der Waals surface area contributed by atoms with Crippen LogP contribution < -0.4 is 5.32 Å². The van der Waals surface area contributed by atoms with E-state index in [1.807, 2.05) is 42.5 Å². The van der Waals surface area contributed by atoms with Crippen LogP contribution in [0.3, 0.4) is 0 Å². The zero-order chi connectivity index (χ0) is 16.9. The molecule has 0 spiro atoms. The summed E-state index contributed by atoms with van der Waals surface area (Å²) in [7, 11) is 0. The number of benzene rings is 2. The first-order valence-electron chi connectivity index (χ1n) is 7.65. The van der Waals surface area contributed by atoms with Crippen molar-refractivity contribution in [3.63, 3.8) is 0 Å². The van der Waals surface area contributed by atoms with E-state index in [0.29, 0.717) is 6.42 Å². The fourth-order valence-electron chi connectivity index (χ4n) is 2.61. The predicted molar refractivity (Wildman–Crippen MR) is 89.8 cm³/mol. The van der Waals surface area contributed by atoms with Crippen molar-refractivity contribution in [1.29, 1.82) is 0 Å². The molecule has 0 aliphatic rings. The van der Waals surface area contributed by atoms with Crippen LogP contribution in [-0.2, 0) is 11.2 Å². The van der Waals surface area contributed by atoms with Gasteiger partial charge in [0.2, 0.25) is 0 Å². The van der Waals surface area contributed by atoms with Gasteiger partial charge in [-0.25, -0.2) is 0 Å². The molecule has 0 bridgehead atoms. The van der Waals surface area contributed by atoms with E-state index in [1.165, 1.54) is 12.3 Å². The highest BCUT2D eigenvalue weighted by Crippen LogP contribution is 2.18. The summed E-state index contributed by atoms with van der Waals surface area (Å²) in [4.78, 5) is 23.4. The van der Waals surface area contributed by atoms with Gasteiger partial charge in [0.25, 0.3) is 5.91 Å². The Balaban J connectivity index is 1.68. The summed E-state index contributed by atoms with van der Waals surface area (Å²) in [5, 5.41) is 14.2. The van der Waals surface area contributed by atoms with Gasteiger partial charge in [-0.1, -0.05) is 42.5 Å². The number of amides is 1. The molecule has 1 heterocycles. The summed E-state index contributed by atoms with van der Waals surface area (Å²) in [5.41, 5.74) is 0.924. The van der Waals surface area contributed by atoms with Gasteiger partial charge in [0.15, 0.2) is 5.76 Å². The molecule has 3 rings (SSSR count). The molecular formula is C19H17NO4. The van der Waals surface area contributed by atoms with Crippen LogP contribution in [0.15, 0.2) is 65.3 Å². The van der Waals surface area contributed by atoms with Crippen molar-refractivity contribution in [3.8, 4) is 0 Å². The lowest BCUT2D eigenvalue weighted by Gasteiger charge is -2.13. The fraction of sp³-hybridized carbons (Fsp3) is 0.158. The molecule has 5 nitrogen and oxygen atoms in total. The van der Waals surface area contributed by atoms with Crippen LogP contribution in [0.1, 0.15) is 16.1 Å². The van der Waals surface area contributed by atoms with Crippen molar-refractivity contribution in [1.82, 2.24) is 5.32 Å². The van der Waals surface area contributed by atoms with Gasteiger partial charge < -0.3 is 14.8 Å². The van der Waals surface area contributed by atoms with Crippen molar-refractivity contribution in [2.45, 2.75) is 6.42 Å². The first-order chi connectivity index (χ1) is 11.6. The van der Waals surface area contributed by atoms with Gasteiger partial charge in [-0.15, -0.1) is 0 Å². The van der Waals surface area contributed by atoms with Crippen LogP contribution in [0.2, 0.25) is 0 Å². The molecule has 0 fully saturated rings. The third kappa shape index (κ3) is 3.63. The number of carbonyl (C=O) groups excluding carboxylic acids is 1. The van der Waals surface area contributed by atoms with Crippen molar-refractivity contribution in [3.05, 3.63) is 72.2 Å². The third-order valence-corrected chi connectivity index (χ3v) is 3.90. The van der Waals surface area contributed by atoms with E-state index in [4.69, 9.17) is 4.42 Å². The van der Waals surface area contributed by atoms with Crippen LogP contribution in [-0.4, -0.2) is 23.5 Å². The average molecular weight is 323 g/mol. The molecule has 1 amide bonds. The zero-order valence-corrected chi connectivity index (χ0v) is 12.9. The molecule has 24 heavy (non-hydrogen) atoms. The van der Waals surface area contributed by atoms with Crippen molar-refractivity contribution in [2.75, 3.05) is 6.54 Å². The number of hydrogen-bond acceptors (Lipinski definition) is 3. The quantitative estimate of drug-likeness (QED) is 0.730. The first kappa shape index (κ1) is 15.8. The molecule has 1 atom stereocenters. The van der Waals surface area contributed by atoms with Gasteiger partial charge in [-0.05, 0) is 34.9 Å². The summed E-state index contributed by atoms with van der Waals surface area (Å²) in [6.07, 6.45) is 1.75. The van der Waals surface area contributed by atoms with Gasteiger partial charge in [-0.3, -0.25) is 9.59 Å². The van der Waals surface area contributed by atoms with Crippen LogP contribution in [0.4, 0.5) is 0 Å². The van der Waals surface area contributed by atoms with E-state index >= 15 is 0 Å². The van der Waals surface area contributed by atoms with Gasteiger partial charge in [0.05, 0.1) is 12.2 Å². The number of nitrogens with one attached hydrogen (secondary N) is 1. The lowest BCUT2D eigenvalue weighted by Crippen LogP contribution is -2.33. The Bertz CT molecular complexity index is 855. The second-order valence-electron chi connectivity index (χ2n) is 5.61. The maximum absolute atomic E-state index is 11.9. The lowest BCUT2D eigenvalue weighted by molar-refractivity contribution is -0.141. The average Bonchev–Trinajstić information content (AvgIpc) is 3.12. The van der Waals surface area contributed by atoms with E-state index in [9.17, 15) is 14.7 Å². The summed E-state index contributed by atoms with van der Waals surface area (Å²) in [5.74, 6) is -1.89. The van der Waals surface area contributed by atoms with Crippen LogP contribution >= 0.6 is 0 Å². The largest absolute Gasteiger partial charge is 0.481 e. The molecule has 2 N–H and O–H groups in total. The molecule has 1 unspecified atom stereocenters. The van der Waals surface area contributed by atoms with Crippen molar-refractivity contribution >= 4 is 22.6 Å². The second-order valence-corrected chi connectivity index (χ2v) is 5.61. The van der Waals surface area contributed by atoms with Crippen LogP contribution in [0, 0.1) is 5.92 Å². The summed E-state index contributed by atoms with van der Waals surface area (Å²) < 4.78 is 5.00. The molecule has 3 aromatic rings. The first-order valence-corrected chi connectivity index (χ1v) is 7.65. The standard InChI is InChI=1S/C19H17NO4/c21-18(17-6-3-9-24-17)20-12-16(19(22)23)11-13-7-8-14-4-1-2-5-15(14)10-13/h1-10,16H,11-12H2,(H,20,21)(H,22,23). The predicted octanol–water partition coefficient (Wildman–Crippen LogP) is 3.11. The number of carbonyl (C=O) groups is 2. The minimum Gasteiger partial charge on any atom is -0.481 e. The van der Waals surface area contributed by atoms with Gasteiger partial charge in [-0.2, -0.15) is 0 Å². The molecule has 0 saturated carbocycles. The van der Waals surface area contributed by atoms with Gasteiger partial charge in [0, 0.05) is 6.54 Å². The van der Waals surface area contributed by atoms with Gasteiger partial charge >= 0.3 is 5.97 Å². The highest BCUT2D eigenvalue weighted by Gasteiger charge is 2.20. The number of fused-ring (bicyclic) bond motifs is 1. The van der Waals surface area contributed by atoms with Gasteiger partial charge in [0.1, 0.15) is 0 Å². The molecule has 0 saturated heterocycles. The molecule has 0 aliphatic heterocycles. The highest BCUT2D eigenvalue weighted by molar-refractivity contribution is 5.91. The second kappa shape index (κ2) is 7.00. The third-order valence-electron chi connectivity index (χ3n) is 3.90. The van der Waals surface area contributed by atoms with E-state index in [-0.39, 0.29) is 12.3 Å². The summed E-state index contributed by atoms with van der Waals surface area (Å²) in [6.45, 7) is 0.0433. The maximum atomic E-state index is 11.9. The number of carboxylic acids is 1. The number of aliphatic carboxylic acids is 1. The van der Waals surface area contributed by atoms with Crippen LogP contribution in [0.5, 0.6) is 0 Å². The SMILES string of the molecule is O=C(NCC(Cc1ccc2ccccc2c1)C(=O)O)c1ccco1. The molecule has 1 aromatic heterocycles. The number of rotatable bonds is 6. The lowest BCUT2D eigenvalue weighted by atomic mass is 9.97. The van der Waals surface area contributed by atoms with Crippen molar-refractivity contribution < 1.29 is 19.1 Å². The maximum Gasteiger partial charge on any atom is 0.308 e. The fourth-order valence-corrected chi connectivity index (χ4v) is 2.61. The minimum atomic E-state index is -0.942. The summed E-state index contributed by atoms with van der Waals surface area (Å²) in [6, 6.07) is 17.0. The highest BCUT2D eigenvalue weighted by atomic mass is 16.4. The Hall–Kier alpha value is -3.08. The van der Waals surface area contributed by atoms with Crippen LogP contribution in [0.25, 0.3) is 10.8 Å². The molecule has 0 aliphatic carbocycles. The normalized spacial score (nSPS) is 12.0. The number of hydrogen-bond donors (Lipinski definition) is 2. The van der Waals surface area contributed by atoms with E-state index in [1.54, 1.807) is 6.07 Å². The topological polar surface area (TPSA) is 79.5 Å². The number of furan rings is 1. The monoisotopic (exact) mass is 323 g/mol. The van der Waals surface area contributed by atoms with E-state index in [0.717, 1.165) is 16.3 Å². The molecule has 122 valence electrons. The molecule has 5 heteroatoms. The Morgan fingerprint density at radius 3 is 2.54 bits per heavy atom. The Labute approximate surface area is 138 Å². The Morgan fingerprint density at radius 2 is 1.83 bits per heavy atom. The Morgan fingerprint density at radius 1 is 1.04 bits per heavy atom. The smallest absolute Gasteiger partial charge is 0.308 e. The Kier molecular flexibility index (Phi) is 4.61. The number of carboxylic acid groups (broad SMARTS) is 1. The summed E-state index contributed by atoms with van der Waals surface area (Å²) >= 11 is 0. The zero-order valence-electron chi connectivity index (χ0n) is 12.9. The molecule has 2 aromatic carbocycles. The van der Waals surface area contributed by atoms with E-state index in [2.05, 4.69) is 5.32 Å².